The number of halogens is 2. The van der Waals surface area contributed by atoms with Gasteiger partial charge < -0.3 is 5.11 Å². The van der Waals surface area contributed by atoms with E-state index in [0.29, 0.717) is 17.3 Å². The Hall–Kier alpha value is -1.19. The summed E-state index contributed by atoms with van der Waals surface area (Å²) in [6, 6.07) is 12.8. The van der Waals surface area contributed by atoms with E-state index in [9.17, 15) is 9.50 Å². The largest absolute Gasteiger partial charge is 0.393 e. The van der Waals surface area contributed by atoms with Crippen LogP contribution in [-0.2, 0) is 12.8 Å². The van der Waals surface area contributed by atoms with Crippen LogP contribution in [0.25, 0.3) is 0 Å². The molecule has 1 nitrogen and oxygen atoms in total. The summed E-state index contributed by atoms with van der Waals surface area (Å²) in [6.45, 7) is 2.08. The molecule has 20 heavy (non-hydrogen) atoms. The fourth-order valence-electron chi connectivity index (χ4n) is 2.26. The van der Waals surface area contributed by atoms with Crippen LogP contribution in [0, 0.1) is 12.7 Å². The van der Waals surface area contributed by atoms with E-state index < -0.39 is 6.10 Å². The summed E-state index contributed by atoms with van der Waals surface area (Å²) in [5, 5.41) is 10.1. The first-order valence-corrected chi connectivity index (χ1v) is 7.52. The van der Waals surface area contributed by atoms with Crippen molar-refractivity contribution in [2.45, 2.75) is 32.3 Å². The molecule has 2 aromatic carbocycles. The summed E-state index contributed by atoms with van der Waals surface area (Å²) in [5.41, 5.74) is 3.45. The molecule has 0 spiro atoms. The molecule has 0 amide bonds. The van der Waals surface area contributed by atoms with Gasteiger partial charge in [0.15, 0.2) is 0 Å². The highest BCUT2D eigenvalue weighted by molar-refractivity contribution is 9.10. The van der Waals surface area contributed by atoms with Crippen molar-refractivity contribution in [1.82, 2.24) is 0 Å². The van der Waals surface area contributed by atoms with E-state index in [4.69, 9.17) is 0 Å². The van der Waals surface area contributed by atoms with E-state index in [1.165, 1.54) is 23.3 Å². The summed E-state index contributed by atoms with van der Waals surface area (Å²) in [6.07, 6.45) is 1.67. The zero-order valence-corrected chi connectivity index (χ0v) is 13.0. The number of aliphatic hydroxyl groups excluding tert-OH is 1. The Morgan fingerprint density at radius 1 is 1.15 bits per heavy atom. The average Bonchev–Trinajstić information content (AvgIpc) is 2.41. The minimum absolute atomic E-state index is 0.268. The summed E-state index contributed by atoms with van der Waals surface area (Å²) in [7, 11) is 0. The van der Waals surface area contributed by atoms with Crippen LogP contribution in [-0.4, -0.2) is 11.2 Å². The second-order valence-electron chi connectivity index (χ2n) is 5.06. The standard InChI is InChI=1S/C17H18BrFO/c1-12-4-2-3-5-13(12)7-9-16(20)10-14-6-8-15(19)11-17(14)18/h2-6,8,11,16,20H,7,9-10H2,1H3. The molecular formula is C17H18BrFO. The summed E-state index contributed by atoms with van der Waals surface area (Å²) in [5.74, 6) is -0.268. The van der Waals surface area contributed by atoms with Gasteiger partial charge in [-0.05, 0) is 55.0 Å². The number of rotatable bonds is 5. The Kier molecular flexibility index (Phi) is 5.32. The first kappa shape index (κ1) is 15.2. The zero-order valence-electron chi connectivity index (χ0n) is 11.4. The van der Waals surface area contributed by atoms with Gasteiger partial charge in [0.1, 0.15) is 5.82 Å². The molecule has 0 heterocycles. The van der Waals surface area contributed by atoms with Crippen molar-refractivity contribution in [2.75, 3.05) is 0 Å². The average molecular weight is 337 g/mol. The maximum absolute atomic E-state index is 13.0. The van der Waals surface area contributed by atoms with E-state index in [-0.39, 0.29) is 5.82 Å². The molecule has 0 saturated heterocycles. The Morgan fingerprint density at radius 2 is 1.90 bits per heavy atom. The number of aliphatic hydroxyl groups is 1. The molecule has 0 aliphatic rings. The molecule has 1 atom stereocenters. The molecular weight excluding hydrogens is 319 g/mol. The van der Waals surface area contributed by atoms with Crippen molar-refractivity contribution in [1.29, 1.82) is 0 Å². The second kappa shape index (κ2) is 7.00. The molecule has 106 valence electrons. The summed E-state index contributed by atoms with van der Waals surface area (Å²) < 4.78 is 13.7. The van der Waals surface area contributed by atoms with Crippen molar-refractivity contribution < 1.29 is 9.50 Å². The predicted molar refractivity (Wildman–Crippen MR) is 83.3 cm³/mol. The van der Waals surface area contributed by atoms with Crippen LogP contribution in [0.5, 0.6) is 0 Å². The van der Waals surface area contributed by atoms with Gasteiger partial charge in [-0.2, -0.15) is 0 Å². The highest BCUT2D eigenvalue weighted by Crippen LogP contribution is 2.21. The molecule has 0 fully saturated rings. The highest BCUT2D eigenvalue weighted by Gasteiger charge is 2.10. The van der Waals surface area contributed by atoms with E-state index >= 15 is 0 Å². The first-order valence-electron chi connectivity index (χ1n) is 6.73. The van der Waals surface area contributed by atoms with Crippen LogP contribution in [0.2, 0.25) is 0 Å². The normalized spacial score (nSPS) is 12.4. The molecule has 2 rings (SSSR count). The molecule has 1 unspecified atom stereocenters. The maximum atomic E-state index is 13.0. The third-order valence-corrected chi connectivity index (χ3v) is 4.22. The van der Waals surface area contributed by atoms with Crippen LogP contribution >= 0.6 is 15.9 Å². The molecule has 0 saturated carbocycles. The lowest BCUT2D eigenvalue weighted by Crippen LogP contribution is -2.12. The minimum atomic E-state index is -0.420. The van der Waals surface area contributed by atoms with Crippen molar-refractivity contribution in [3.05, 3.63) is 69.4 Å². The number of benzene rings is 2. The SMILES string of the molecule is Cc1ccccc1CCC(O)Cc1ccc(F)cc1Br. The van der Waals surface area contributed by atoms with Gasteiger partial charge in [-0.15, -0.1) is 0 Å². The maximum Gasteiger partial charge on any atom is 0.124 e. The van der Waals surface area contributed by atoms with Gasteiger partial charge >= 0.3 is 0 Å². The number of aryl methyl sites for hydroxylation is 2. The molecule has 0 aliphatic carbocycles. The van der Waals surface area contributed by atoms with Crippen molar-refractivity contribution in [3.63, 3.8) is 0 Å². The molecule has 1 N–H and O–H groups in total. The Balaban J connectivity index is 1.92. The number of hydrogen-bond acceptors (Lipinski definition) is 1. The van der Waals surface area contributed by atoms with Crippen LogP contribution < -0.4 is 0 Å². The highest BCUT2D eigenvalue weighted by atomic mass is 79.9. The molecule has 0 bridgehead atoms. The first-order chi connectivity index (χ1) is 9.56. The van der Waals surface area contributed by atoms with Gasteiger partial charge in [0.2, 0.25) is 0 Å². The van der Waals surface area contributed by atoms with Crippen LogP contribution in [0.1, 0.15) is 23.1 Å². The quantitative estimate of drug-likeness (QED) is 0.856. The summed E-state index contributed by atoms with van der Waals surface area (Å²) >= 11 is 3.33. The minimum Gasteiger partial charge on any atom is -0.393 e. The van der Waals surface area contributed by atoms with Gasteiger partial charge in [-0.1, -0.05) is 46.3 Å². The van der Waals surface area contributed by atoms with E-state index in [2.05, 4.69) is 35.0 Å². The Morgan fingerprint density at radius 3 is 2.60 bits per heavy atom. The molecule has 2 aromatic rings. The molecule has 3 heteroatoms. The van der Waals surface area contributed by atoms with Crippen LogP contribution in [0.4, 0.5) is 4.39 Å². The van der Waals surface area contributed by atoms with Gasteiger partial charge in [0.05, 0.1) is 6.10 Å². The Labute approximate surface area is 127 Å². The van der Waals surface area contributed by atoms with Gasteiger partial charge in [0.25, 0.3) is 0 Å². The third-order valence-electron chi connectivity index (χ3n) is 3.48. The predicted octanol–water partition coefficient (Wildman–Crippen LogP) is 4.43. The van der Waals surface area contributed by atoms with Crippen molar-refractivity contribution in [3.8, 4) is 0 Å². The smallest absolute Gasteiger partial charge is 0.124 e. The van der Waals surface area contributed by atoms with E-state index in [1.54, 1.807) is 6.07 Å². The van der Waals surface area contributed by atoms with E-state index in [0.717, 1.165) is 12.0 Å². The fourth-order valence-corrected chi connectivity index (χ4v) is 2.77. The third kappa shape index (κ3) is 4.15. The lowest BCUT2D eigenvalue weighted by Gasteiger charge is -2.13. The van der Waals surface area contributed by atoms with E-state index in [1.807, 2.05) is 12.1 Å². The monoisotopic (exact) mass is 336 g/mol. The topological polar surface area (TPSA) is 20.2 Å². The molecule has 0 radical (unpaired) electrons. The van der Waals surface area contributed by atoms with Crippen molar-refractivity contribution >= 4 is 15.9 Å². The van der Waals surface area contributed by atoms with Crippen LogP contribution in [0.15, 0.2) is 46.9 Å². The van der Waals surface area contributed by atoms with Gasteiger partial charge in [-0.3, -0.25) is 0 Å². The zero-order chi connectivity index (χ0) is 14.5. The number of hydrogen-bond donors (Lipinski definition) is 1. The molecule has 0 aromatic heterocycles. The van der Waals surface area contributed by atoms with Crippen LogP contribution in [0.3, 0.4) is 0 Å². The van der Waals surface area contributed by atoms with Crippen molar-refractivity contribution in [2.24, 2.45) is 0 Å². The lowest BCUT2D eigenvalue weighted by atomic mass is 9.99. The lowest BCUT2D eigenvalue weighted by molar-refractivity contribution is 0.165. The van der Waals surface area contributed by atoms with Gasteiger partial charge in [0, 0.05) is 4.47 Å². The fraction of sp³-hybridized carbons (Fsp3) is 0.294. The second-order valence-corrected chi connectivity index (χ2v) is 5.91. The van der Waals surface area contributed by atoms with Gasteiger partial charge in [-0.25, -0.2) is 4.39 Å². The Bertz CT molecular complexity index is 583. The molecule has 0 aliphatic heterocycles. The summed E-state index contributed by atoms with van der Waals surface area (Å²) in [4.78, 5) is 0.